The van der Waals surface area contributed by atoms with Crippen molar-refractivity contribution in [2.45, 2.75) is 47.9 Å². The predicted molar refractivity (Wildman–Crippen MR) is 62.3 cm³/mol. The predicted octanol–water partition coefficient (Wildman–Crippen LogP) is 0.920. The summed E-state index contributed by atoms with van der Waals surface area (Å²) in [5.41, 5.74) is 2.75. The lowest BCUT2D eigenvalue weighted by Crippen LogP contribution is -1.97. The van der Waals surface area contributed by atoms with Crippen LogP contribution in [0.2, 0.25) is 0 Å². The fraction of sp³-hybridized carbons (Fsp3) is 0.636. The molecule has 0 atom stereocenters. The van der Waals surface area contributed by atoms with Crippen molar-refractivity contribution < 1.29 is 27.4 Å². The Morgan fingerprint density at radius 2 is 1.19 bits per heavy atom. The second-order valence-electron chi connectivity index (χ2n) is 2.82. The van der Waals surface area contributed by atoms with Crippen LogP contribution in [0.4, 0.5) is 0 Å². The van der Waals surface area contributed by atoms with E-state index in [9.17, 15) is 19.2 Å². The van der Waals surface area contributed by atoms with Gasteiger partial charge in [-0.1, -0.05) is 7.43 Å². The van der Waals surface area contributed by atoms with E-state index in [1.807, 2.05) is 0 Å². The molecule has 0 aliphatic rings. The summed E-state index contributed by atoms with van der Waals surface area (Å²) >= 11 is 0. The molecule has 0 amide bonds. The Morgan fingerprint density at radius 1 is 0.938 bits per heavy atom. The third-order valence-corrected chi connectivity index (χ3v) is 0.850. The van der Waals surface area contributed by atoms with Crippen molar-refractivity contribution in [3.8, 4) is 0 Å². The standard InChI is InChI=1S/2C5H8O2.CH4.H2O/c2*1-4(6)3-5(2)7;;/h2*3H2,1-2H3;1H4;1H2/i3D2;;;/hD2. The molecule has 0 unspecified atom stereocenters. The van der Waals surface area contributed by atoms with Gasteiger partial charge in [-0.15, -0.1) is 0 Å². The molecule has 96 valence electrons. The van der Waals surface area contributed by atoms with E-state index in [1.165, 1.54) is 13.8 Å². The van der Waals surface area contributed by atoms with Crippen LogP contribution < -0.4 is 0 Å². The molecule has 0 fully saturated rings. The molecule has 0 aromatic carbocycles. The molecule has 0 rings (SSSR count). The maximum absolute atomic E-state index is 10.3. The Balaban J connectivity index is -0.000000105. The van der Waals surface area contributed by atoms with Gasteiger partial charge < -0.3 is 5.48 Å². The highest BCUT2D eigenvalue weighted by molar-refractivity contribution is 5.97. The van der Waals surface area contributed by atoms with Crippen molar-refractivity contribution >= 4 is 23.1 Å². The summed E-state index contributed by atoms with van der Waals surface area (Å²) < 4.78 is 24.4. The smallest absolute Gasteiger partial charge is 0.206 e. The number of hydrogen-bond acceptors (Lipinski definition) is 4. The lowest BCUT2D eigenvalue weighted by atomic mass is 10.2. The minimum Gasteiger partial charge on any atom is -0.412 e. The summed E-state index contributed by atoms with van der Waals surface area (Å²) in [5, 5.41) is 0. The largest absolute Gasteiger partial charge is 0.412 e. The zero-order chi connectivity index (χ0) is 16.2. The summed E-state index contributed by atoms with van der Waals surface area (Å²) in [4.78, 5) is 40.7. The van der Waals surface area contributed by atoms with Gasteiger partial charge in [-0.25, -0.2) is 0 Å². The van der Waals surface area contributed by atoms with Crippen LogP contribution in [0, 0.1) is 0 Å². The highest BCUT2D eigenvalue weighted by atomic mass is 16.2. The SMILES string of the molecule is C.CC(=O)CC(C)=O.[2H]C([2H])(C(C)=O)C(C)=O.[2H]O[2H]. The summed E-state index contributed by atoms with van der Waals surface area (Å²) in [6.45, 7) is 4.92. The molecule has 0 aromatic rings. The molecule has 0 saturated carbocycles. The molecule has 0 spiro atoms. The number of carbonyl (C=O) groups is 4. The van der Waals surface area contributed by atoms with Crippen molar-refractivity contribution in [2.24, 2.45) is 0 Å². The quantitative estimate of drug-likeness (QED) is 0.680. The Labute approximate surface area is 102 Å². The second-order valence-corrected chi connectivity index (χ2v) is 2.82. The van der Waals surface area contributed by atoms with Crippen LogP contribution >= 0.6 is 0 Å². The first-order valence-electron chi connectivity index (χ1n) is 5.84. The number of Topliss-reactive ketones (excluding diaryl/α,β-unsaturated/α-hetero) is 4. The van der Waals surface area contributed by atoms with Crippen LogP contribution in [-0.4, -0.2) is 31.5 Å². The van der Waals surface area contributed by atoms with Crippen LogP contribution in [0.3, 0.4) is 0 Å². The fourth-order valence-electron chi connectivity index (χ4n) is 0.598. The van der Waals surface area contributed by atoms with Gasteiger partial charge in [0.15, 0.2) is 0 Å². The molecule has 0 saturated heterocycles. The second kappa shape index (κ2) is 13.6. The van der Waals surface area contributed by atoms with Gasteiger partial charge in [-0.3, -0.25) is 19.2 Å². The number of ketones is 4. The van der Waals surface area contributed by atoms with E-state index in [2.05, 4.69) is 5.48 Å². The van der Waals surface area contributed by atoms with Gasteiger partial charge in [0.05, 0.1) is 12.8 Å². The third kappa shape index (κ3) is 38.8. The van der Waals surface area contributed by atoms with E-state index in [0.717, 1.165) is 13.8 Å². The first-order chi connectivity index (χ1) is 8.43. The van der Waals surface area contributed by atoms with Crippen molar-refractivity contribution in [3.63, 3.8) is 0 Å². The normalized spacial score (nSPS) is 11.2. The highest BCUT2D eigenvalue weighted by Crippen LogP contribution is 1.80. The highest BCUT2D eigenvalue weighted by Gasteiger charge is 1.95. The lowest BCUT2D eigenvalue weighted by molar-refractivity contribution is -0.126. The maximum Gasteiger partial charge on any atom is 0.206 e. The van der Waals surface area contributed by atoms with E-state index < -0.39 is 17.9 Å². The Hall–Kier alpha value is -1.36. The molecule has 0 aromatic heterocycles. The van der Waals surface area contributed by atoms with Crippen LogP contribution in [0.25, 0.3) is 0 Å². The summed E-state index contributed by atoms with van der Waals surface area (Å²) in [6.07, 6.45) is -2.19. The first-order valence-corrected chi connectivity index (χ1v) is 4.02. The van der Waals surface area contributed by atoms with Gasteiger partial charge in [0.25, 0.3) is 0 Å². The minimum absolute atomic E-state index is 0. The zero-order valence-corrected chi connectivity index (χ0v) is 9.25. The monoisotopic (exact) mass is 238 g/mol. The molecule has 5 nitrogen and oxygen atoms in total. The maximum atomic E-state index is 10.3. The van der Waals surface area contributed by atoms with E-state index >= 15 is 0 Å². The Bertz CT molecular complexity index is 301. The van der Waals surface area contributed by atoms with Crippen LogP contribution in [0.5, 0.6) is 0 Å². The summed E-state index contributed by atoms with van der Waals surface area (Å²) in [7, 11) is 0. The van der Waals surface area contributed by atoms with E-state index in [1.54, 1.807) is 0 Å². The summed E-state index contributed by atoms with van der Waals surface area (Å²) in [6, 6.07) is 0. The van der Waals surface area contributed by atoms with Crippen molar-refractivity contribution in [1.29, 1.82) is 2.86 Å². The molecule has 16 heavy (non-hydrogen) atoms. The number of rotatable bonds is 4. The van der Waals surface area contributed by atoms with Crippen molar-refractivity contribution in [3.05, 3.63) is 0 Å². The van der Waals surface area contributed by atoms with Crippen LogP contribution in [-0.2, 0) is 19.2 Å². The van der Waals surface area contributed by atoms with Gasteiger partial charge in [0.1, 0.15) is 23.1 Å². The molecule has 0 heterocycles. The number of hydrogen-bond donors (Lipinski definition) is 0. The van der Waals surface area contributed by atoms with E-state index in [0.29, 0.717) is 0 Å². The van der Waals surface area contributed by atoms with E-state index in [4.69, 9.17) is 5.60 Å². The van der Waals surface area contributed by atoms with Gasteiger partial charge in [-0.05, 0) is 27.7 Å². The van der Waals surface area contributed by atoms with Gasteiger partial charge >= 0.3 is 0 Å². The molecule has 5 heteroatoms. The minimum atomic E-state index is -2.28. The Morgan fingerprint density at radius 3 is 1.19 bits per heavy atom. The zero-order valence-electron chi connectivity index (χ0n) is 13.2. The molecular formula is C11H22O5. The average Bonchev–Trinajstić information content (AvgIpc) is 2.16. The van der Waals surface area contributed by atoms with Crippen LogP contribution in [0.15, 0.2) is 0 Å². The molecule has 0 aliphatic carbocycles. The molecule has 0 radical (unpaired) electrons. The first kappa shape index (κ1) is 12.7. The molecule has 0 aliphatic heterocycles. The van der Waals surface area contributed by atoms with Crippen molar-refractivity contribution in [1.82, 2.24) is 0 Å². The third-order valence-electron chi connectivity index (χ3n) is 0.850. The van der Waals surface area contributed by atoms with Crippen LogP contribution in [0.1, 0.15) is 50.7 Å². The summed E-state index contributed by atoms with van der Waals surface area (Å²) in [5.74, 6) is -1.61. The average molecular weight is 238 g/mol. The van der Waals surface area contributed by atoms with Gasteiger partial charge in [0.2, 0.25) is 2.86 Å². The molecular weight excluding hydrogens is 212 g/mol. The fourth-order valence-corrected chi connectivity index (χ4v) is 0.598. The van der Waals surface area contributed by atoms with Crippen molar-refractivity contribution in [2.75, 3.05) is 0 Å². The number of carbonyl (C=O) groups excluding carboxylic acids is 4. The lowest BCUT2D eigenvalue weighted by Gasteiger charge is -1.81. The van der Waals surface area contributed by atoms with E-state index in [-0.39, 0.29) is 25.4 Å². The van der Waals surface area contributed by atoms with Gasteiger partial charge in [0, 0.05) is 2.74 Å². The molecule has 0 bridgehead atoms. The topological polar surface area (TPSA) is 99.8 Å². The van der Waals surface area contributed by atoms with Gasteiger partial charge in [-0.2, -0.15) is 0 Å². The molecule has 2 N–H and O–H groups in total. The Kier molecular flexibility index (Phi) is 10.8.